The quantitative estimate of drug-likeness (QED) is 0.188. The number of nitro groups is 1. The Morgan fingerprint density at radius 3 is 2.26 bits per heavy atom. The van der Waals surface area contributed by atoms with E-state index in [2.05, 4.69) is 34.6 Å². The van der Waals surface area contributed by atoms with Gasteiger partial charge in [-0.05, 0) is 49.2 Å². The molecule has 2 N–H and O–H groups in total. The van der Waals surface area contributed by atoms with E-state index < -0.39 is 22.8 Å². The summed E-state index contributed by atoms with van der Waals surface area (Å²) in [5, 5.41) is 17.7. The number of hydrogen-bond acceptors (Lipinski definition) is 7. The Bertz CT molecular complexity index is 1230. The molecule has 1 atom stereocenters. The SMILES string of the molecule is CCN(CC)c1ccc(C=NNC(=O)[C@@H](CSCc2ccccc2)NC(=O)c2ccc([N+](=O)[O-])cc2)cc1. The summed E-state index contributed by atoms with van der Waals surface area (Å²) in [7, 11) is 0. The maximum absolute atomic E-state index is 13.0. The lowest BCUT2D eigenvalue weighted by Crippen LogP contribution is -2.47. The van der Waals surface area contributed by atoms with Crippen LogP contribution < -0.4 is 15.6 Å². The molecule has 0 spiro atoms. The molecular weight excluding hydrogens is 502 g/mol. The highest BCUT2D eigenvalue weighted by molar-refractivity contribution is 7.98. The number of nitrogens with one attached hydrogen (secondary N) is 2. The van der Waals surface area contributed by atoms with Gasteiger partial charge in [-0.25, -0.2) is 5.43 Å². The van der Waals surface area contributed by atoms with Gasteiger partial charge in [0.05, 0.1) is 11.1 Å². The van der Waals surface area contributed by atoms with Crippen LogP contribution in [-0.4, -0.2) is 47.8 Å². The molecule has 3 aromatic rings. The fourth-order valence-corrected chi connectivity index (χ4v) is 4.65. The van der Waals surface area contributed by atoms with Crippen LogP contribution in [0.15, 0.2) is 84.0 Å². The fraction of sp³-hybridized carbons (Fsp3) is 0.250. The molecule has 3 rings (SSSR count). The first-order chi connectivity index (χ1) is 18.4. The van der Waals surface area contributed by atoms with Gasteiger partial charge in [0.1, 0.15) is 6.04 Å². The Kier molecular flexibility index (Phi) is 10.9. The van der Waals surface area contributed by atoms with Crippen LogP contribution in [0.4, 0.5) is 11.4 Å². The first-order valence-corrected chi connectivity index (χ1v) is 13.4. The van der Waals surface area contributed by atoms with Crippen molar-refractivity contribution < 1.29 is 14.5 Å². The van der Waals surface area contributed by atoms with Crippen LogP contribution >= 0.6 is 11.8 Å². The first kappa shape index (κ1) is 28.4. The number of amides is 2. The predicted octanol–water partition coefficient (Wildman–Crippen LogP) is 4.62. The molecule has 198 valence electrons. The van der Waals surface area contributed by atoms with Crippen LogP contribution in [0.5, 0.6) is 0 Å². The molecular formula is C28H31N5O4S. The van der Waals surface area contributed by atoms with E-state index in [1.165, 1.54) is 36.0 Å². The topological polar surface area (TPSA) is 117 Å². The van der Waals surface area contributed by atoms with Crippen molar-refractivity contribution in [1.82, 2.24) is 10.7 Å². The van der Waals surface area contributed by atoms with E-state index in [1.54, 1.807) is 6.21 Å². The summed E-state index contributed by atoms with van der Waals surface area (Å²) >= 11 is 1.50. The van der Waals surface area contributed by atoms with Gasteiger partial charge in [-0.3, -0.25) is 19.7 Å². The standard InChI is InChI=1S/C28H31N5O4S/c1-3-32(4-2)24-14-10-21(11-15-24)18-29-31-28(35)26(20-38-19-22-8-6-5-7-9-22)30-27(34)23-12-16-25(17-13-23)33(36)37/h5-18,26H,3-4,19-20H2,1-2H3,(H,30,34)(H,31,35)/t26-/m1/s1. The highest BCUT2D eigenvalue weighted by atomic mass is 32.2. The molecule has 0 unspecified atom stereocenters. The lowest BCUT2D eigenvalue weighted by molar-refractivity contribution is -0.384. The number of nitro benzene ring substituents is 1. The van der Waals surface area contributed by atoms with Crippen molar-refractivity contribution in [2.75, 3.05) is 23.7 Å². The van der Waals surface area contributed by atoms with Gasteiger partial charge in [-0.15, -0.1) is 0 Å². The molecule has 0 aliphatic heterocycles. The molecule has 0 radical (unpaired) electrons. The van der Waals surface area contributed by atoms with Crippen molar-refractivity contribution in [2.45, 2.75) is 25.6 Å². The van der Waals surface area contributed by atoms with E-state index in [0.717, 1.165) is 29.9 Å². The van der Waals surface area contributed by atoms with Crippen LogP contribution in [0.1, 0.15) is 35.3 Å². The van der Waals surface area contributed by atoms with E-state index in [9.17, 15) is 19.7 Å². The summed E-state index contributed by atoms with van der Waals surface area (Å²) in [5.41, 5.74) is 5.67. The molecule has 0 saturated carbocycles. The van der Waals surface area contributed by atoms with Gasteiger partial charge in [0, 0.05) is 48.0 Å². The number of hydrogen-bond donors (Lipinski definition) is 2. The maximum atomic E-state index is 13.0. The molecule has 3 aromatic carbocycles. The number of benzene rings is 3. The molecule has 0 bridgehead atoms. The minimum atomic E-state index is -0.867. The minimum Gasteiger partial charge on any atom is -0.372 e. The Morgan fingerprint density at radius 1 is 1.00 bits per heavy atom. The highest BCUT2D eigenvalue weighted by Gasteiger charge is 2.22. The normalized spacial score (nSPS) is 11.6. The van der Waals surface area contributed by atoms with Gasteiger partial charge >= 0.3 is 0 Å². The Hall–Kier alpha value is -4.18. The average Bonchev–Trinajstić information content (AvgIpc) is 2.94. The summed E-state index contributed by atoms with van der Waals surface area (Å²) in [6.45, 7) is 6.03. The fourth-order valence-electron chi connectivity index (χ4n) is 3.64. The van der Waals surface area contributed by atoms with Gasteiger partial charge in [-0.2, -0.15) is 16.9 Å². The number of hydrazone groups is 1. The average molecular weight is 534 g/mol. The number of non-ortho nitro benzene ring substituents is 1. The minimum absolute atomic E-state index is 0.117. The molecule has 10 heteroatoms. The summed E-state index contributed by atoms with van der Waals surface area (Å²) in [4.78, 5) is 38.3. The van der Waals surface area contributed by atoms with Crippen molar-refractivity contribution in [2.24, 2.45) is 5.10 Å². The van der Waals surface area contributed by atoms with E-state index in [0.29, 0.717) is 11.5 Å². The third-order valence-corrected chi connectivity index (χ3v) is 6.87. The van der Waals surface area contributed by atoms with Crippen molar-refractivity contribution in [1.29, 1.82) is 0 Å². The van der Waals surface area contributed by atoms with Gasteiger partial charge in [0.2, 0.25) is 0 Å². The highest BCUT2D eigenvalue weighted by Crippen LogP contribution is 2.16. The van der Waals surface area contributed by atoms with E-state index >= 15 is 0 Å². The molecule has 38 heavy (non-hydrogen) atoms. The van der Waals surface area contributed by atoms with E-state index in [-0.39, 0.29) is 11.3 Å². The van der Waals surface area contributed by atoms with Crippen LogP contribution in [0.2, 0.25) is 0 Å². The van der Waals surface area contributed by atoms with Crippen LogP contribution in [0.3, 0.4) is 0 Å². The van der Waals surface area contributed by atoms with Crippen molar-refractivity contribution in [3.05, 3.63) is 106 Å². The molecule has 0 aliphatic rings. The number of thioether (sulfide) groups is 1. The predicted molar refractivity (Wildman–Crippen MR) is 153 cm³/mol. The molecule has 0 fully saturated rings. The largest absolute Gasteiger partial charge is 0.372 e. The molecule has 9 nitrogen and oxygen atoms in total. The maximum Gasteiger partial charge on any atom is 0.269 e. The van der Waals surface area contributed by atoms with Crippen molar-refractivity contribution in [3.63, 3.8) is 0 Å². The monoisotopic (exact) mass is 533 g/mol. The molecule has 0 aliphatic carbocycles. The Labute approximate surface area is 226 Å². The van der Waals surface area contributed by atoms with Crippen LogP contribution in [-0.2, 0) is 10.5 Å². The number of rotatable bonds is 13. The van der Waals surface area contributed by atoms with Gasteiger partial charge in [0.25, 0.3) is 17.5 Å². The zero-order chi connectivity index (χ0) is 27.3. The lowest BCUT2D eigenvalue weighted by Gasteiger charge is -2.20. The van der Waals surface area contributed by atoms with Crippen LogP contribution in [0, 0.1) is 10.1 Å². The Morgan fingerprint density at radius 2 is 1.66 bits per heavy atom. The first-order valence-electron chi connectivity index (χ1n) is 12.3. The number of anilines is 1. The lowest BCUT2D eigenvalue weighted by atomic mass is 10.2. The smallest absolute Gasteiger partial charge is 0.269 e. The van der Waals surface area contributed by atoms with Crippen LogP contribution in [0.25, 0.3) is 0 Å². The second-order valence-corrected chi connectivity index (χ2v) is 9.36. The van der Waals surface area contributed by atoms with E-state index in [4.69, 9.17) is 0 Å². The Balaban J connectivity index is 1.65. The van der Waals surface area contributed by atoms with Gasteiger partial charge < -0.3 is 10.2 Å². The van der Waals surface area contributed by atoms with E-state index in [1.807, 2.05) is 54.6 Å². The zero-order valence-electron chi connectivity index (χ0n) is 21.4. The van der Waals surface area contributed by atoms with Crippen molar-refractivity contribution in [3.8, 4) is 0 Å². The third-order valence-electron chi connectivity index (χ3n) is 5.77. The molecule has 0 heterocycles. The molecule has 0 aromatic heterocycles. The van der Waals surface area contributed by atoms with Crippen molar-refractivity contribution >= 4 is 41.2 Å². The molecule has 0 saturated heterocycles. The second kappa shape index (κ2) is 14.5. The number of carbonyl (C=O) groups excluding carboxylic acids is 2. The summed E-state index contributed by atoms with van der Waals surface area (Å²) in [6.07, 6.45) is 1.55. The third kappa shape index (κ3) is 8.45. The summed E-state index contributed by atoms with van der Waals surface area (Å²) in [6, 6.07) is 22.0. The summed E-state index contributed by atoms with van der Waals surface area (Å²) < 4.78 is 0. The molecule has 2 amide bonds. The number of carbonyl (C=O) groups is 2. The zero-order valence-corrected chi connectivity index (χ0v) is 22.2. The second-order valence-electron chi connectivity index (χ2n) is 8.33. The number of nitrogens with zero attached hydrogens (tertiary/aromatic N) is 3. The van der Waals surface area contributed by atoms with Gasteiger partial charge in [0.15, 0.2) is 0 Å². The summed E-state index contributed by atoms with van der Waals surface area (Å²) in [5.74, 6) is 0.0152. The van der Waals surface area contributed by atoms with Gasteiger partial charge in [-0.1, -0.05) is 42.5 Å².